The van der Waals surface area contributed by atoms with E-state index in [1.54, 1.807) is 6.07 Å². The Hall–Kier alpha value is -1.42. The van der Waals surface area contributed by atoms with Gasteiger partial charge in [-0.25, -0.2) is 4.79 Å². The van der Waals surface area contributed by atoms with E-state index in [0.717, 1.165) is 0 Å². The van der Waals surface area contributed by atoms with E-state index in [1.165, 1.54) is 20.3 Å². The number of benzene rings is 1. The van der Waals surface area contributed by atoms with Gasteiger partial charge in [-0.15, -0.1) is 0 Å². The summed E-state index contributed by atoms with van der Waals surface area (Å²) in [6, 6.07) is 3.07. The molecule has 0 aliphatic heterocycles. The summed E-state index contributed by atoms with van der Waals surface area (Å²) in [6.07, 6.45) is 0. The molecule has 1 aromatic rings. The van der Waals surface area contributed by atoms with Crippen LogP contribution < -0.4 is 9.47 Å². The second kappa shape index (κ2) is 5.61. The average molecular weight is 245 g/mol. The van der Waals surface area contributed by atoms with Crippen LogP contribution in [0.15, 0.2) is 12.1 Å². The lowest BCUT2D eigenvalue weighted by atomic mass is 10.2. The molecule has 0 saturated heterocycles. The third-order valence-corrected chi connectivity index (χ3v) is 2.15. The van der Waals surface area contributed by atoms with Crippen LogP contribution in [0.25, 0.3) is 0 Å². The number of esters is 1. The first-order chi connectivity index (χ1) is 7.63. The first kappa shape index (κ1) is 12.6. The minimum atomic E-state index is -0.514. The summed E-state index contributed by atoms with van der Waals surface area (Å²) in [5.41, 5.74) is 0.251. The molecule has 16 heavy (non-hydrogen) atoms. The molecular weight excluding hydrogens is 232 g/mol. The maximum atomic E-state index is 11.5. The number of hydrogen-bond donors (Lipinski definition) is 0. The molecule has 0 spiro atoms. The van der Waals surface area contributed by atoms with Crippen LogP contribution in [0.1, 0.15) is 17.3 Å². The van der Waals surface area contributed by atoms with Gasteiger partial charge in [0.2, 0.25) is 0 Å². The van der Waals surface area contributed by atoms with Gasteiger partial charge in [-0.2, -0.15) is 0 Å². The van der Waals surface area contributed by atoms with Crippen LogP contribution in [0.4, 0.5) is 0 Å². The summed E-state index contributed by atoms with van der Waals surface area (Å²) in [5, 5.41) is 0.393. The van der Waals surface area contributed by atoms with Crippen LogP contribution in [0.3, 0.4) is 0 Å². The van der Waals surface area contributed by atoms with E-state index in [4.69, 9.17) is 21.1 Å². The van der Waals surface area contributed by atoms with Crippen LogP contribution >= 0.6 is 11.6 Å². The van der Waals surface area contributed by atoms with E-state index in [-0.39, 0.29) is 5.56 Å². The molecule has 0 saturated carbocycles. The Morgan fingerprint density at radius 2 is 2.06 bits per heavy atom. The Kier molecular flexibility index (Phi) is 4.43. The number of carbonyl (C=O) groups excluding carboxylic acids is 1. The second-order valence-corrected chi connectivity index (χ2v) is 3.35. The van der Waals surface area contributed by atoms with E-state index in [2.05, 4.69) is 4.74 Å². The quantitative estimate of drug-likeness (QED) is 0.764. The monoisotopic (exact) mass is 244 g/mol. The van der Waals surface area contributed by atoms with Crippen molar-refractivity contribution in [1.82, 2.24) is 0 Å². The van der Waals surface area contributed by atoms with Gasteiger partial charge in [-0.1, -0.05) is 11.6 Å². The first-order valence-electron chi connectivity index (χ1n) is 4.72. The highest BCUT2D eigenvalue weighted by Gasteiger charge is 2.18. The maximum Gasteiger partial charge on any atom is 0.341 e. The van der Waals surface area contributed by atoms with Gasteiger partial charge >= 0.3 is 5.97 Å². The van der Waals surface area contributed by atoms with Gasteiger partial charge in [0.1, 0.15) is 5.56 Å². The Morgan fingerprint density at radius 3 is 2.56 bits per heavy atom. The summed E-state index contributed by atoms with van der Waals surface area (Å²) >= 11 is 5.87. The van der Waals surface area contributed by atoms with E-state index in [1.807, 2.05) is 6.92 Å². The van der Waals surface area contributed by atoms with E-state index in [0.29, 0.717) is 23.1 Å². The molecular formula is C11H13ClO4. The Labute approximate surface area is 99.1 Å². The van der Waals surface area contributed by atoms with Crippen LogP contribution in [0.5, 0.6) is 11.5 Å². The summed E-state index contributed by atoms with van der Waals surface area (Å²) < 4.78 is 15.1. The highest BCUT2D eigenvalue weighted by atomic mass is 35.5. The highest BCUT2D eigenvalue weighted by Crippen LogP contribution is 2.35. The van der Waals surface area contributed by atoms with E-state index >= 15 is 0 Å². The molecule has 0 aliphatic rings. The zero-order valence-corrected chi connectivity index (χ0v) is 10.1. The highest BCUT2D eigenvalue weighted by molar-refractivity contribution is 6.31. The lowest BCUT2D eigenvalue weighted by Crippen LogP contribution is -2.06. The van der Waals surface area contributed by atoms with Crippen molar-refractivity contribution in [2.45, 2.75) is 6.92 Å². The average Bonchev–Trinajstić information content (AvgIpc) is 2.27. The van der Waals surface area contributed by atoms with Crippen molar-refractivity contribution in [3.63, 3.8) is 0 Å². The molecule has 0 bridgehead atoms. The number of methoxy groups -OCH3 is 2. The second-order valence-electron chi connectivity index (χ2n) is 2.91. The van der Waals surface area contributed by atoms with Gasteiger partial charge in [0.15, 0.2) is 11.5 Å². The predicted molar refractivity (Wildman–Crippen MR) is 60.5 cm³/mol. The Bertz CT molecular complexity index is 390. The lowest BCUT2D eigenvalue weighted by Gasteiger charge is -2.13. The van der Waals surface area contributed by atoms with E-state index < -0.39 is 5.97 Å². The minimum Gasteiger partial charge on any atom is -0.492 e. The van der Waals surface area contributed by atoms with Crippen molar-refractivity contribution >= 4 is 17.6 Å². The van der Waals surface area contributed by atoms with Crippen LogP contribution in [-0.2, 0) is 4.74 Å². The lowest BCUT2D eigenvalue weighted by molar-refractivity contribution is 0.0596. The van der Waals surface area contributed by atoms with Crippen molar-refractivity contribution in [1.29, 1.82) is 0 Å². The molecule has 1 aromatic carbocycles. The third-order valence-electron chi connectivity index (χ3n) is 1.93. The van der Waals surface area contributed by atoms with Crippen molar-refractivity contribution in [3.05, 3.63) is 22.7 Å². The summed E-state index contributed by atoms with van der Waals surface area (Å²) in [4.78, 5) is 11.5. The zero-order valence-electron chi connectivity index (χ0n) is 9.37. The van der Waals surface area contributed by atoms with Crippen LogP contribution in [0, 0.1) is 0 Å². The molecule has 4 nitrogen and oxygen atoms in total. The fraction of sp³-hybridized carbons (Fsp3) is 0.364. The van der Waals surface area contributed by atoms with Crippen LogP contribution in [-0.4, -0.2) is 26.8 Å². The number of ether oxygens (including phenoxy) is 3. The zero-order chi connectivity index (χ0) is 12.1. The molecule has 88 valence electrons. The number of halogens is 1. The molecule has 1 rings (SSSR count). The molecule has 5 heteroatoms. The Balaban J connectivity index is 3.29. The fourth-order valence-electron chi connectivity index (χ4n) is 1.30. The van der Waals surface area contributed by atoms with Crippen LogP contribution in [0.2, 0.25) is 5.02 Å². The topological polar surface area (TPSA) is 44.8 Å². The third kappa shape index (κ3) is 2.58. The molecule has 0 aromatic heterocycles. The largest absolute Gasteiger partial charge is 0.492 e. The fourth-order valence-corrected chi connectivity index (χ4v) is 1.51. The van der Waals surface area contributed by atoms with Gasteiger partial charge < -0.3 is 14.2 Å². The van der Waals surface area contributed by atoms with Crippen molar-refractivity contribution in [3.8, 4) is 11.5 Å². The van der Waals surface area contributed by atoms with Crippen molar-refractivity contribution < 1.29 is 19.0 Å². The van der Waals surface area contributed by atoms with Crippen molar-refractivity contribution in [2.24, 2.45) is 0 Å². The molecule has 0 atom stereocenters. The van der Waals surface area contributed by atoms with Gasteiger partial charge in [-0.3, -0.25) is 0 Å². The number of rotatable bonds is 4. The molecule has 0 radical (unpaired) electrons. The molecule has 0 amide bonds. The molecule has 0 heterocycles. The summed E-state index contributed by atoms with van der Waals surface area (Å²) in [6.45, 7) is 2.29. The van der Waals surface area contributed by atoms with Gasteiger partial charge in [0, 0.05) is 11.1 Å². The first-order valence-corrected chi connectivity index (χ1v) is 5.10. The molecule has 0 N–H and O–H groups in total. The Morgan fingerprint density at radius 1 is 1.38 bits per heavy atom. The number of hydrogen-bond acceptors (Lipinski definition) is 4. The molecule has 0 fully saturated rings. The molecule has 0 unspecified atom stereocenters. The summed E-state index contributed by atoms with van der Waals surface area (Å²) in [5.74, 6) is 0.247. The van der Waals surface area contributed by atoms with Gasteiger partial charge in [-0.05, 0) is 13.0 Å². The SMILES string of the molecule is CCOc1cc(Cl)cc(C(=O)OC)c1OC. The van der Waals surface area contributed by atoms with E-state index in [9.17, 15) is 4.79 Å². The van der Waals surface area contributed by atoms with Gasteiger partial charge in [0.05, 0.1) is 20.8 Å². The summed E-state index contributed by atoms with van der Waals surface area (Å²) in [7, 11) is 2.75. The maximum absolute atomic E-state index is 11.5. The predicted octanol–water partition coefficient (Wildman–Crippen LogP) is 2.53. The van der Waals surface area contributed by atoms with Gasteiger partial charge in [0.25, 0.3) is 0 Å². The van der Waals surface area contributed by atoms with Crippen molar-refractivity contribution in [2.75, 3.05) is 20.8 Å². The number of carbonyl (C=O) groups is 1. The standard InChI is InChI=1S/C11H13ClO4/c1-4-16-9-6-7(12)5-8(10(9)14-2)11(13)15-3/h5-6H,4H2,1-3H3. The smallest absolute Gasteiger partial charge is 0.341 e. The minimum absolute atomic E-state index is 0.251. The normalized spacial score (nSPS) is 9.75. The molecule has 0 aliphatic carbocycles.